The minimum Gasteiger partial charge on any atom is -0.365 e. The van der Waals surface area contributed by atoms with Crippen molar-refractivity contribution in [3.63, 3.8) is 0 Å². The van der Waals surface area contributed by atoms with Crippen LogP contribution in [-0.2, 0) is 4.79 Å². The lowest BCUT2D eigenvalue weighted by Crippen LogP contribution is -2.53. The smallest absolute Gasteiger partial charge is 0.283 e. The van der Waals surface area contributed by atoms with Crippen LogP contribution in [0.4, 0.5) is 5.69 Å². The van der Waals surface area contributed by atoms with E-state index in [1.807, 2.05) is 59.5 Å². The summed E-state index contributed by atoms with van der Waals surface area (Å²) in [5, 5.41) is 0.0789. The lowest BCUT2D eigenvalue weighted by atomic mass is 10.1. The van der Waals surface area contributed by atoms with Crippen molar-refractivity contribution < 1.29 is 9.59 Å². The van der Waals surface area contributed by atoms with Crippen LogP contribution in [0.1, 0.15) is 28.4 Å². The Morgan fingerprint density at radius 2 is 1.94 bits per heavy atom. The number of thioether (sulfide) groups is 1. The predicted octanol–water partition coefficient (Wildman–Crippen LogP) is 4.90. The molecule has 0 bridgehead atoms. The number of aryl methyl sites for hydroxylation is 1. The molecule has 1 saturated heterocycles. The van der Waals surface area contributed by atoms with Crippen molar-refractivity contribution in [1.29, 1.82) is 0 Å². The molecule has 2 aromatic rings. The molecule has 6 heteroatoms. The number of allylic oxidation sites excluding steroid dienone is 3. The summed E-state index contributed by atoms with van der Waals surface area (Å²) in [5.41, 5.74) is 4.81. The zero-order chi connectivity index (χ0) is 23.7. The van der Waals surface area contributed by atoms with E-state index in [4.69, 9.17) is 0 Å². The molecular formula is C28H27N3O2S. The molecule has 0 radical (unpaired) electrons. The molecule has 0 aromatic heterocycles. The molecule has 1 fully saturated rings. The van der Waals surface area contributed by atoms with Crippen LogP contribution in [-0.4, -0.2) is 53.4 Å². The number of piperazine rings is 1. The fourth-order valence-electron chi connectivity index (χ4n) is 4.56. The van der Waals surface area contributed by atoms with E-state index >= 15 is 0 Å². The number of nitrogens with zero attached hydrogens (tertiary/aromatic N) is 3. The van der Waals surface area contributed by atoms with Gasteiger partial charge >= 0.3 is 0 Å². The summed E-state index contributed by atoms with van der Waals surface area (Å²) in [5.74, 6) is -0.164. The Bertz CT molecular complexity index is 1240. The van der Waals surface area contributed by atoms with Crippen molar-refractivity contribution >= 4 is 41.1 Å². The highest BCUT2D eigenvalue weighted by Gasteiger charge is 2.28. The molecule has 0 N–H and O–H groups in total. The summed E-state index contributed by atoms with van der Waals surface area (Å²) in [7, 11) is 0. The molecule has 1 aliphatic carbocycles. The summed E-state index contributed by atoms with van der Waals surface area (Å²) < 4.78 is 0. The molecule has 3 aliphatic rings. The van der Waals surface area contributed by atoms with Gasteiger partial charge < -0.3 is 9.80 Å². The van der Waals surface area contributed by atoms with Gasteiger partial charge in [-0.15, -0.1) is 11.8 Å². The quantitative estimate of drug-likeness (QED) is 0.601. The van der Waals surface area contributed by atoms with E-state index in [2.05, 4.69) is 48.0 Å². The largest absolute Gasteiger partial charge is 0.365 e. The first-order valence-electron chi connectivity index (χ1n) is 11.6. The van der Waals surface area contributed by atoms with Gasteiger partial charge in [0.15, 0.2) is 0 Å². The summed E-state index contributed by atoms with van der Waals surface area (Å²) in [6.07, 6.45) is 9.67. The lowest BCUT2D eigenvalue weighted by molar-refractivity contribution is -0.113. The van der Waals surface area contributed by atoms with Crippen molar-refractivity contribution in [1.82, 2.24) is 4.90 Å². The first-order chi connectivity index (χ1) is 16.5. The Hall–Kier alpha value is -3.38. The maximum Gasteiger partial charge on any atom is 0.283 e. The summed E-state index contributed by atoms with van der Waals surface area (Å²) in [6, 6.07) is 16.3. The molecule has 2 atom stereocenters. The van der Waals surface area contributed by atoms with E-state index in [1.165, 1.54) is 23.0 Å². The van der Waals surface area contributed by atoms with Crippen molar-refractivity contribution in [3.05, 3.63) is 94.4 Å². The fraction of sp³-hybridized carbons (Fsp3) is 0.250. The Labute approximate surface area is 204 Å². The zero-order valence-electron chi connectivity index (χ0n) is 19.3. The molecule has 2 unspecified atom stereocenters. The van der Waals surface area contributed by atoms with Gasteiger partial charge in [-0.05, 0) is 61.4 Å². The first-order valence-corrected chi connectivity index (χ1v) is 12.4. The van der Waals surface area contributed by atoms with Crippen LogP contribution in [0.25, 0.3) is 6.08 Å². The summed E-state index contributed by atoms with van der Waals surface area (Å²) in [4.78, 5) is 34.7. The molecule has 2 aromatic carbocycles. The lowest BCUT2D eigenvalue weighted by Gasteiger charge is -2.41. The predicted molar refractivity (Wildman–Crippen MR) is 140 cm³/mol. The van der Waals surface area contributed by atoms with Crippen LogP contribution < -0.4 is 4.90 Å². The number of anilines is 1. The summed E-state index contributed by atoms with van der Waals surface area (Å²) in [6.45, 7) is 6.46. The van der Waals surface area contributed by atoms with Crippen LogP contribution >= 0.6 is 11.8 Å². The van der Waals surface area contributed by atoms with Crippen molar-refractivity contribution in [2.75, 3.05) is 24.5 Å². The van der Waals surface area contributed by atoms with Crippen molar-refractivity contribution in [2.45, 2.75) is 25.1 Å². The maximum atomic E-state index is 13.2. The number of carbonyl (C=O) groups is 2. The first kappa shape index (κ1) is 22.4. The molecule has 2 heterocycles. The van der Waals surface area contributed by atoms with Crippen LogP contribution in [0, 0.1) is 6.92 Å². The second-order valence-corrected chi connectivity index (χ2v) is 10.1. The molecule has 2 aliphatic heterocycles. The van der Waals surface area contributed by atoms with Crippen LogP contribution in [0.2, 0.25) is 0 Å². The number of carbonyl (C=O) groups excluding carboxylic acids is 2. The van der Waals surface area contributed by atoms with Gasteiger partial charge in [-0.2, -0.15) is 0 Å². The van der Waals surface area contributed by atoms with Crippen LogP contribution in [0.15, 0.2) is 82.7 Å². The van der Waals surface area contributed by atoms with Gasteiger partial charge in [0.1, 0.15) is 0 Å². The number of rotatable bonds is 3. The molecule has 34 heavy (non-hydrogen) atoms. The number of hydrogen-bond donors (Lipinski definition) is 0. The van der Waals surface area contributed by atoms with Gasteiger partial charge in [0.25, 0.3) is 11.8 Å². The number of benzene rings is 2. The maximum absolute atomic E-state index is 13.2. The van der Waals surface area contributed by atoms with E-state index in [0.29, 0.717) is 23.6 Å². The Balaban J connectivity index is 1.25. The number of aliphatic imine (C=N–C) groups is 1. The molecule has 5 nitrogen and oxygen atoms in total. The van der Waals surface area contributed by atoms with Gasteiger partial charge in [0.2, 0.25) is 0 Å². The standard InChI is InChI=1S/C28H27N3O2S/c1-19-6-5-7-23(16-19)31-15-14-30(18-20(31)2)28(33)22-12-10-21(11-13-22)17-26-27(32)29-24-8-3-4-9-25(24)34-26/h3-13,16-17,20,25H,14-15,18H2,1-2H3/b26-17+. The topological polar surface area (TPSA) is 53.0 Å². The zero-order valence-corrected chi connectivity index (χ0v) is 20.2. The Kier molecular flexibility index (Phi) is 6.24. The highest BCUT2D eigenvalue weighted by molar-refractivity contribution is 8.05. The van der Waals surface area contributed by atoms with E-state index in [0.717, 1.165) is 17.8 Å². The minimum atomic E-state index is -0.211. The average molecular weight is 470 g/mol. The van der Waals surface area contributed by atoms with Gasteiger partial charge in [-0.1, -0.05) is 42.5 Å². The number of hydrogen-bond acceptors (Lipinski definition) is 4. The minimum absolute atomic E-state index is 0.0476. The van der Waals surface area contributed by atoms with Crippen LogP contribution in [0.3, 0.4) is 0 Å². The summed E-state index contributed by atoms with van der Waals surface area (Å²) >= 11 is 1.51. The SMILES string of the molecule is Cc1cccc(N2CCN(C(=O)c3ccc(/C=C4/SC5C=CC=CC5=NC4=O)cc3)CC2C)c1. The van der Waals surface area contributed by atoms with E-state index in [9.17, 15) is 9.59 Å². The molecular weight excluding hydrogens is 442 g/mol. The van der Waals surface area contributed by atoms with E-state index in [-0.39, 0.29) is 23.1 Å². The number of fused-ring (bicyclic) bond motifs is 1. The van der Waals surface area contributed by atoms with Crippen molar-refractivity contribution in [2.24, 2.45) is 4.99 Å². The fourth-order valence-corrected chi connectivity index (χ4v) is 5.60. The Morgan fingerprint density at radius 1 is 1.12 bits per heavy atom. The third-order valence-electron chi connectivity index (χ3n) is 6.35. The normalized spacial score (nSPS) is 23.2. The Morgan fingerprint density at radius 3 is 2.71 bits per heavy atom. The van der Waals surface area contributed by atoms with Gasteiger partial charge in [-0.25, -0.2) is 4.99 Å². The highest BCUT2D eigenvalue weighted by atomic mass is 32.2. The van der Waals surface area contributed by atoms with Gasteiger partial charge in [0, 0.05) is 36.9 Å². The molecule has 2 amide bonds. The van der Waals surface area contributed by atoms with E-state index in [1.54, 1.807) is 0 Å². The molecule has 172 valence electrons. The number of amides is 2. The third kappa shape index (κ3) is 4.64. The second-order valence-electron chi connectivity index (χ2n) is 8.89. The highest BCUT2D eigenvalue weighted by Crippen LogP contribution is 2.33. The molecule has 0 spiro atoms. The molecule has 0 saturated carbocycles. The van der Waals surface area contributed by atoms with E-state index < -0.39 is 0 Å². The molecule has 5 rings (SSSR count). The second kappa shape index (κ2) is 9.47. The monoisotopic (exact) mass is 469 g/mol. The third-order valence-corrected chi connectivity index (χ3v) is 7.55. The van der Waals surface area contributed by atoms with Crippen molar-refractivity contribution in [3.8, 4) is 0 Å². The average Bonchev–Trinajstić information content (AvgIpc) is 2.84. The van der Waals surface area contributed by atoms with Crippen LogP contribution in [0.5, 0.6) is 0 Å². The van der Waals surface area contributed by atoms with Gasteiger partial charge in [-0.3, -0.25) is 9.59 Å². The van der Waals surface area contributed by atoms with Gasteiger partial charge in [0.05, 0.1) is 15.9 Å².